The number of nitro benzene ring substituents is 1. The molecular formula is C10H11N3O6. The number of hydrogen-bond donors (Lipinski definition) is 4. The maximum Gasteiger partial charge on any atom is 0.334 e. The number of hydrogen-bond acceptors (Lipinski definition) is 5. The second-order valence-electron chi connectivity index (χ2n) is 3.50. The zero-order valence-corrected chi connectivity index (χ0v) is 9.57. The lowest BCUT2D eigenvalue weighted by atomic mass is 10.3. The Balaban J connectivity index is 2.55. The summed E-state index contributed by atoms with van der Waals surface area (Å²) in [4.78, 5) is 31.5. The Morgan fingerprint density at radius 2 is 2.11 bits per heavy atom. The normalized spacial score (nSPS) is 11.4. The van der Waals surface area contributed by atoms with Crippen molar-refractivity contribution in [2.24, 2.45) is 0 Å². The van der Waals surface area contributed by atoms with Crippen LogP contribution in [0.1, 0.15) is 0 Å². The number of nitro groups is 1. The van der Waals surface area contributed by atoms with Crippen molar-refractivity contribution in [2.75, 3.05) is 11.9 Å². The van der Waals surface area contributed by atoms with E-state index in [-0.39, 0.29) is 11.4 Å². The highest BCUT2D eigenvalue weighted by Crippen LogP contribution is 2.16. The number of benzene rings is 1. The molecule has 0 bridgehead atoms. The van der Waals surface area contributed by atoms with Crippen LogP contribution < -0.4 is 10.6 Å². The third kappa shape index (κ3) is 4.60. The standard InChI is InChI=1S/C10H11N3O6/c14-8(9(15)16)5-11-10(17)12-6-2-1-3-7(4-6)13(18)19/h1-4,8,14H,5H2,(H,15,16)(H2,11,12,17). The number of anilines is 1. The molecule has 9 heteroatoms. The number of amides is 2. The number of non-ortho nitro benzene ring substituents is 1. The summed E-state index contributed by atoms with van der Waals surface area (Å²) in [5, 5.41) is 32.2. The summed E-state index contributed by atoms with van der Waals surface area (Å²) >= 11 is 0. The number of urea groups is 1. The molecule has 1 rings (SSSR count). The zero-order chi connectivity index (χ0) is 14.4. The Bertz CT molecular complexity index is 504. The van der Waals surface area contributed by atoms with Crippen molar-refractivity contribution in [3.05, 3.63) is 34.4 Å². The van der Waals surface area contributed by atoms with E-state index < -0.39 is 29.6 Å². The summed E-state index contributed by atoms with van der Waals surface area (Å²) < 4.78 is 0. The molecule has 1 aromatic rings. The largest absolute Gasteiger partial charge is 0.479 e. The van der Waals surface area contributed by atoms with Gasteiger partial charge in [0.15, 0.2) is 6.10 Å². The summed E-state index contributed by atoms with van der Waals surface area (Å²) in [7, 11) is 0. The minimum Gasteiger partial charge on any atom is -0.479 e. The van der Waals surface area contributed by atoms with Crippen LogP contribution >= 0.6 is 0 Å². The number of nitrogens with one attached hydrogen (secondary N) is 2. The molecule has 0 fully saturated rings. The number of aliphatic hydroxyl groups excluding tert-OH is 1. The molecule has 0 spiro atoms. The SMILES string of the molecule is O=C(NCC(O)C(=O)O)Nc1cccc([N+](=O)[O-])c1. The highest BCUT2D eigenvalue weighted by Gasteiger charge is 2.14. The average Bonchev–Trinajstić information content (AvgIpc) is 2.36. The minimum absolute atomic E-state index is 0.177. The van der Waals surface area contributed by atoms with Crippen molar-refractivity contribution >= 4 is 23.4 Å². The first-order chi connectivity index (χ1) is 8.90. The average molecular weight is 269 g/mol. The Labute approximate surface area is 107 Å². The lowest BCUT2D eigenvalue weighted by Gasteiger charge is -2.09. The van der Waals surface area contributed by atoms with E-state index in [0.717, 1.165) is 6.07 Å². The van der Waals surface area contributed by atoms with Gasteiger partial charge in [-0.2, -0.15) is 0 Å². The molecule has 1 atom stereocenters. The highest BCUT2D eigenvalue weighted by atomic mass is 16.6. The van der Waals surface area contributed by atoms with Gasteiger partial charge in [-0.3, -0.25) is 10.1 Å². The number of carboxylic acid groups (broad SMARTS) is 1. The molecular weight excluding hydrogens is 258 g/mol. The van der Waals surface area contributed by atoms with Crippen LogP contribution in [0.15, 0.2) is 24.3 Å². The summed E-state index contributed by atoms with van der Waals surface area (Å²) in [6.45, 7) is -0.476. The van der Waals surface area contributed by atoms with E-state index in [1.807, 2.05) is 0 Å². The number of aliphatic carboxylic acids is 1. The molecule has 0 heterocycles. The van der Waals surface area contributed by atoms with E-state index in [4.69, 9.17) is 10.2 Å². The first-order valence-electron chi connectivity index (χ1n) is 5.10. The van der Waals surface area contributed by atoms with Crippen LogP contribution in [0, 0.1) is 10.1 Å². The number of carbonyl (C=O) groups excluding carboxylic acids is 1. The van der Waals surface area contributed by atoms with E-state index in [9.17, 15) is 19.7 Å². The van der Waals surface area contributed by atoms with Gasteiger partial charge in [-0.15, -0.1) is 0 Å². The van der Waals surface area contributed by atoms with Crippen LogP contribution in [0.2, 0.25) is 0 Å². The van der Waals surface area contributed by atoms with Gasteiger partial charge in [-0.25, -0.2) is 9.59 Å². The summed E-state index contributed by atoms with van der Waals surface area (Å²) in [5.74, 6) is -1.46. The third-order valence-corrected chi connectivity index (χ3v) is 2.06. The summed E-state index contributed by atoms with van der Waals surface area (Å²) in [6.07, 6.45) is -1.71. The smallest absolute Gasteiger partial charge is 0.334 e. The van der Waals surface area contributed by atoms with Crippen molar-refractivity contribution in [1.82, 2.24) is 5.32 Å². The molecule has 0 aliphatic heterocycles. The quantitative estimate of drug-likeness (QED) is 0.443. The Kier molecular flexibility index (Phi) is 4.77. The van der Waals surface area contributed by atoms with Crippen LogP contribution in [0.25, 0.3) is 0 Å². The van der Waals surface area contributed by atoms with Crippen molar-refractivity contribution in [2.45, 2.75) is 6.10 Å². The van der Waals surface area contributed by atoms with E-state index in [1.165, 1.54) is 18.2 Å². The van der Waals surface area contributed by atoms with Gasteiger partial charge >= 0.3 is 12.0 Å². The predicted molar refractivity (Wildman–Crippen MR) is 63.8 cm³/mol. The number of rotatable bonds is 5. The van der Waals surface area contributed by atoms with Crippen LogP contribution in [-0.2, 0) is 4.79 Å². The molecule has 19 heavy (non-hydrogen) atoms. The molecule has 0 aliphatic carbocycles. The molecule has 0 aromatic heterocycles. The first-order valence-corrected chi connectivity index (χ1v) is 5.10. The first kappa shape index (κ1) is 14.4. The van der Waals surface area contributed by atoms with Crippen LogP contribution in [0.5, 0.6) is 0 Å². The van der Waals surface area contributed by atoms with Gasteiger partial charge in [0, 0.05) is 17.8 Å². The fourth-order valence-electron chi connectivity index (χ4n) is 1.15. The Hall–Kier alpha value is -2.68. The topological polar surface area (TPSA) is 142 Å². The Morgan fingerprint density at radius 1 is 1.42 bits per heavy atom. The molecule has 0 aliphatic rings. The van der Waals surface area contributed by atoms with Crippen LogP contribution in [-0.4, -0.2) is 39.8 Å². The second kappa shape index (κ2) is 6.31. The second-order valence-corrected chi connectivity index (χ2v) is 3.50. The van der Waals surface area contributed by atoms with Crippen molar-refractivity contribution in [3.63, 3.8) is 0 Å². The maximum absolute atomic E-state index is 11.3. The molecule has 9 nitrogen and oxygen atoms in total. The summed E-state index contributed by atoms with van der Waals surface area (Å²) in [6, 6.07) is 4.45. The van der Waals surface area contributed by atoms with Gasteiger partial charge in [0.05, 0.1) is 11.5 Å². The fraction of sp³-hybridized carbons (Fsp3) is 0.200. The fourth-order valence-corrected chi connectivity index (χ4v) is 1.15. The Morgan fingerprint density at radius 3 is 2.68 bits per heavy atom. The van der Waals surface area contributed by atoms with Gasteiger partial charge < -0.3 is 20.8 Å². The molecule has 4 N–H and O–H groups in total. The molecule has 2 amide bonds. The van der Waals surface area contributed by atoms with E-state index in [0.29, 0.717) is 0 Å². The highest BCUT2D eigenvalue weighted by molar-refractivity contribution is 5.89. The molecule has 1 unspecified atom stereocenters. The monoisotopic (exact) mass is 269 g/mol. The lowest BCUT2D eigenvalue weighted by molar-refractivity contribution is -0.384. The molecule has 0 radical (unpaired) electrons. The third-order valence-electron chi connectivity index (χ3n) is 2.06. The van der Waals surface area contributed by atoms with Gasteiger partial charge in [0.2, 0.25) is 0 Å². The molecule has 102 valence electrons. The van der Waals surface area contributed by atoms with Crippen molar-refractivity contribution < 1.29 is 24.7 Å². The van der Waals surface area contributed by atoms with Crippen molar-refractivity contribution in [3.8, 4) is 0 Å². The van der Waals surface area contributed by atoms with Crippen LogP contribution in [0.4, 0.5) is 16.2 Å². The number of carbonyl (C=O) groups is 2. The maximum atomic E-state index is 11.3. The van der Waals surface area contributed by atoms with E-state index >= 15 is 0 Å². The lowest BCUT2D eigenvalue weighted by Crippen LogP contribution is -2.38. The van der Waals surface area contributed by atoms with Crippen LogP contribution in [0.3, 0.4) is 0 Å². The van der Waals surface area contributed by atoms with E-state index in [1.54, 1.807) is 0 Å². The predicted octanol–water partition coefficient (Wildman–Crippen LogP) is 0.162. The van der Waals surface area contributed by atoms with Crippen molar-refractivity contribution in [1.29, 1.82) is 0 Å². The number of aliphatic hydroxyl groups is 1. The molecule has 1 aromatic carbocycles. The minimum atomic E-state index is -1.71. The van der Waals surface area contributed by atoms with Gasteiger partial charge in [-0.1, -0.05) is 6.07 Å². The summed E-state index contributed by atoms with van der Waals surface area (Å²) in [5.41, 5.74) is -0.0140. The van der Waals surface area contributed by atoms with Gasteiger partial charge in [0.1, 0.15) is 0 Å². The van der Waals surface area contributed by atoms with E-state index in [2.05, 4.69) is 10.6 Å². The molecule has 0 saturated carbocycles. The van der Waals surface area contributed by atoms with Gasteiger partial charge in [0.25, 0.3) is 5.69 Å². The number of nitrogens with zero attached hydrogens (tertiary/aromatic N) is 1. The van der Waals surface area contributed by atoms with Gasteiger partial charge in [-0.05, 0) is 6.07 Å². The molecule has 0 saturated heterocycles. The zero-order valence-electron chi connectivity index (χ0n) is 9.57. The number of carboxylic acids is 1.